The molecule has 2 fully saturated rings. The Bertz CT molecular complexity index is 1600. The molecule has 0 unspecified atom stereocenters. The van der Waals surface area contributed by atoms with E-state index in [1.54, 1.807) is 12.0 Å². The van der Waals surface area contributed by atoms with Gasteiger partial charge >= 0.3 is 5.97 Å². The summed E-state index contributed by atoms with van der Waals surface area (Å²) in [7, 11) is 3.08. The second-order valence-electron chi connectivity index (χ2n) is 14.2. The van der Waals surface area contributed by atoms with Gasteiger partial charge in [0, 0.05) is 35.1 Å². The first-order valence-electron chi connectivity index (χ1n) is 17.3. The Morgan fingerprint density at radius 3 is 2.57 bits per heavy atom. The summed E-state index contributed by atoms with van der Waals surface area (Å²) in [6, 6.07) is 15.0. The van der Waals surface area contributed by atoms with Gasteiger partial charge in [0.1, 0.15) is 23.6 Å². The van der Waals surface area contributed by atoms with Gasteiger partial charge in [0.2, 0.25) is 5.91 Å². The molecule has 2 aliphatic heterocycles. The summed E-state index contributed by atoms with van der Waals surface area (Å²) in [5.41, 5.74) is 3.53. The van der Waals surface area contributed by atoms with Crippen molar-refractivity contribution in [2.75, 3.05) is 27.3 Å². The van der Waals surface area contributed by atoms with Crippen molar-refractivity contribution in [3.63, 3.8) is 0 Å². The van der Waals surface area contributed by atoms with Gasteiger partial charge in [-0.05, 0) is 56.0 Å². The summed E-state index contributed by atoms with van der Waals surface area (Å²) in [5.74, 6) is 1.24. The number of methoxy groups -OCH3 is 2. The van der Waals surface area contributed by atoms with Crippen molar-refractivity contribution in [1.29, 1.82) is 0 Å². The predicted molar refractivity (Wildman–Crippen MR) is 185 cm³/mol. The highest BCUT2D eigenvalue weighted by atomic mass is 16.5. The molecule has 1 saturated carbocycles. The highest BCUT2D eigenvalue weighted by Gasteiger charge is 2.45. The molecule has 1 saturated heterocycles. The zero-order chi connectivity index (χ0) is 33.0. The fourth-order valence-electron chi connectivity index (χ4n) is 7.60. The number of fused-ring (bicyclic) bond motifs is 3. The molecule has 1 aliphatic carbocycles. The summed E-state index contributed by atoms with van der Waals surface area (Å²) >= 11 is 0. The Hall–Kier alpha value is -3.91. The minimum absolute atomic E-state index is 0.0155. The maximum atomic E-state index is 14.5. The molecule has 2 aromatic carbocycles. The van der Waals surface area contributed by atoms with E-state index in [0.29, 0.717) is 18.7 Å². The number of ether oxygens (including phenoxy) is 3. The van der Waals surface area contributed by atoms with Crippen LogP contribution in [0.5, 0.6) is 11.5 Å². The van der Waals surface area contributed by atoms with Gasteiger partial charge in [-0.15, -0.1) is 0 Å². The number of esters is 1. The van der Waals surface area contributed by atoms with Gasteiger partial charge in [-0.1, -0.05) is 75.6 Å². The third kappa shape index (κ3) is 7.48. The van der Waals surface area contributed by atoms with E-state index in [9.17, 15) is 9.59 Å². The second-order valence-corrected chi connectivity index (χ2v) is 14.2. The maximum absolute atomic E-state index is 14.5. The Balaban J connectivity index is 1.44. The zero-order valence-corrected chi connectivity index (χ0v) is 28.3. The lowest BCUT2D eigenvalue weighted by atomic mass is 9.82. The van der Waals surface area contributed by atoms with Crippen LogP contribution < -0.4 is 14.8 Å². The highest BCUT2D eigenvalue weighted by Crippen LogP contribution is 2.38. The number of hydrogen-bond acceptors (Lipinski definition) is 7. The summed E-state index contributed by atoms with van der Waals surface area (Å²) in [4.78, 5) is 34.4. The number of benzene rings is 2. The van der Waals surface area contributed by atoms with Crippen molar-refractivity contribution in [3.8, 4) is 22.8 Å². The standard InChI is InChI=1S/C39H49N3O5/c1-39(2)18-11-17-28-21-30-32(24-34(28)45-3)41-31(26-13-7-5-8-14-26)23-35(30)47-29-22-33(38(44)46-4)42(25-29)37(43)36(40-20-12-19-39)27-15-9-6-10-16-27/h5,7-8,11,13-14,17,21,23-24,27,29,33,36,40H,6,9-10,12,15-16,18-20,22,25H2,1-4H3/t29-,33-,36+/m1/s1. The van der Waals surface area contributed by atoms with Crippen molar-refractivity contribution in [3.05, 3.63) is 60.2 Å². The van der Waals surface area contributed by atoms with Crippen LogP contribution in [0, 0.1) is 11.3 Å². The molecule has 1 amide bonds. The molecule has 3 heterocycles. The fraction of sp³-hybridized carbons (Fsp3) is 0.513. The Labute approximate surface area is 278 Å². The summed E-state index contributed by atoms with van der Waals surface area (Å²) in [6.07, 6.45) is 12.7. The molecule has 6 rings (SSSR count). The molecule has 1 N–H and O–H groups in total. The van der Waals surface area contributed by atoms with Crippen molar-refractivity contribution in [1.82, 2.24) is 15.2 Å². The smallest absolute Gasteiger partial charge is 0.328 e. The first kappa shape index (κ1) is 33.0. The van der Waals surface area contributed by atoms with Gasteiger partial charge in [-0.3, -0.25) is 4.79 Å². The van der Waals surface area contributed by atoms with E-state index < -0.39 is 18.1 Å². The number of carbonyl (C=O) groups is 2. The third-order valence-electron chi connectivity index (χ3n) is 10.3. The molecule has 3 atom stereocenters. The van der Waals surface area contributed by atoms with E-state index in [1.807, 2.05) is 42.5 Å². The molecule has 3 aromatic rings. The van der Waals surface area contributed by atoms with Gasteiger partial charge < -0.3 is 24.4 Å². The Morgan fingerprint density at radius 2 is 1.83 bits per heavy atom. The zero-order valence-electron chi connectivity index (χ0n) is 28.3. The van der Waals surface area contributed by atoms with E-state index in [0.717, 1.165) is 85.0 Å². The number of hydrogen-bond donors (Lipinski definition) is 1. The molecule has 1 aromatic heterocycles. The lowest BCUT2D eigenvalue weighted by molar-refractivity contribution is -0.152. The molecule has 250 valence electrons. The average molecular weight is 640 g/mol. The molecule has 47 heavy (non-hydrogen) atoms. The number of pyridine rings is 1. The van der Waals surface area contributed by atoms with Crippen LogP contribution in [-0.2, 0) is 14.3 Å². The van der Waals surface area contributed by atoms with Crippen LogP contribution >= 0.6 is 0 Å². The highest BCUT2D eigenvalue weighted by molar-refractivity contribution is 5.92. The van der Waals surface area contributed by atoms with Crippen LogP contribution in [0.2, 0.25) is 0 Å². The van der Waals surface area contributed by atoms with Crippen LogP contribution in [0.25, 0.3) is 28.2 Å². The van der Waals surface area contributed by atoms with Crippen molar-refractivity contribution < 1.29 is 23.8 Å². The molecule has 0 spiro atoms. The number of nitrogens with one attached hydrogen (secondary N) is 1. The van der Waals surface area contributed by atoms with E-state index >= 15 is 0 Å². The van der Waals surface area contributed by atoms with Gasteiger partial charge in [-0.2, -0.15) is 0 Å². The summed E-state index contributed by atoms with van der Waals surface area (Å²) in [5, 5.41) is 4.53. The van der Waals surface area contributed by atoms with Crippen molar-refractivity contribution in [2.45, 2.75) is 89.8 Å². The molecule has 8 nitrogen and oxygen atoms in total. The van der Waals surface area contributed by atoms with Crippen LogP contribution in [0.1, 0.15) is 77.2 Å². The molecular formula is C39H49N3O5. The number of amides is 1. The monoisotopic (exact) mass is 639 g/mol. The minimum Gasteiger partial charge on any atom is -0.496 e. The second kappa shape index (κ2) is 14.5. The van der Waals surface area contributed by atoms with E-state index in [1.165, 1.54) is 13.5 Å². The van der Waals surface area contributed by atoms with Gasteiger partial charge in [0.25, 0.3) is 0 Å². The molecular weight excluding hydrogens is 590 g/mol. The van der Waals surface area contributed by atoms with E-state index in [4.69, 9.17) is 19.2 Å². The van der Waals surface area contributed by atoms with E-state index in [2.05, 4.69) is 37.4 Å². The first-order valence-corrected chi connectivity index (χ1v) is 17.3. The van der Waals surface area contributed by atoms with Gasteiger partial charge in [-0.25, -0.2) is 9.78 Å². The lowest BCUT2D eigenvalue weighted by Gasteiger charge is -2.34. The largest absolute Gasteiger partial charge is 0.496 e. The predicted octanol–water partition coefficient (Wildman–Crippen LogP) is 7.19. The average Bonchev–Trinajstić information content (AvgIpc) is 3.51. The number of carbonyl (C=O) groups excluding carboxylic acids is 2. The summed E-state index contributed by atoms with van der Waals surface area (Å²) in [6.45, 7) is 5.65. The third-order valence-corrected chi connectivity index (χ3v) is 10.3. The molecule has 8 heteroatoms. The lowest BCUT2D eigenvalue weighted by Crippen LogP contribution is -2.54. The molecule has 0 radical (unpaired) electrons. The number of nitrogens with zero attached hydrogens (tertiary/aromatic N) is 2. The van der Waals surface area contributed by atoms with Crippen LogP contribution in [0.15, 0.2) is 54.6 Å². The van der Waals surface area contributed by atoms with Crippen LogP contribution in [0.4, 0.5) is 0 Å². The SMILES string of the molecule is COC(=O)[C@H]1C[C@@H]2CN1C(=O)[C@H](C1CCCCC1)NCCCC(C)(C)CC=Cc1cc3c(cc(-c4ccccc4)nc3cc1OC)O2. The first-order chi connectivity index (χ1) is 22.8. The quantitative estimate of drug-likeness (QED) is 0.302. The van der Waals surface area contributed by atoms with Crippen molar-refractivity contribution in [2.24, 2.45) is 11.3 Å². The summed E-state index contributed by atoms with van der Waals surface area (Å²) < 4.78 is 17.9. The Kier molecular flexibility index (Phi) is 10.2. The van der Waals surface area contributed by atoms with E-state index in [-0.39, 0.29) is 23.3 Å². The van der Waals surface area contributed by atoms with Crippen LogP contribution in [-0.4, -0.2) is 67.3 Å². The molecule has 4 bridgehead atoms. The topological polar surface area (TPSA) is 90.0 Å². The normalized spacial score (nSPS) is 24.0. The Morgan fingerprint density at radius 1 is 1.04 bits per heavy atom. The minimum atomic E-state index is -0.702. The number of aromatic nitrogens is 1. The van der Waals surface area contributed by atoms with Gasteiger partial charge in [0.15, 0.2) is 0 Å². The van der Waals surface area contributed by atoms with Crippen LogP contribution in [0.3, 0.4) is 0 Å². The maximum Gasteiger partial charge on any atom is 0.328 e. The number of allylic oxidation sites excluding steroid dienone is 1. The van der Waals surface area contributed by atoms with Crippen molar-refractivity contribution >= 4 is 28.9 Å². The molecule has 3 aliphatic rings. The number of rotatable bonds is 4. The van der Waals surface area contributed by atoms with Gasteiger partial charge in [0.05, 0.1) is 38.0 Å². The fourth-order valence-corrected chi connectivity index (χ4v) is 7.60.